The minimum Gasteiger partial charge on any atom is -0.507 e. The van der Waals surface area contributed by atoms with Crippen LogP contribution < -0.4 is 5.73 Å². The number of oxazole rings is 1. The molecule has 28 heavy (non-hydrogen) atoms. The van der Waals surface area contributed by atoms with Gasteiger partial charge in [-0.1, -0.05) is 53.7 Å². The van der Waals surface area contributed by atoms with Gasteiger partial charge in [0, 0.05) is 22.3 Å². The molecule has 0 aliphatic rings. The predicted octanol–water partition coefficient (Wildman–Crippen LogP) is 6.53. The molecular formula is C24H29N2O2. The molecule has 3 rings (SSSR count). The zero-order valence-electron chi connectivity index (χ0n) is 17.8. The maximum Gasteiger partial charge on any atom is 0.226 e. The van der Waals surface area contributed by atoms with E-state index in [9.17, 15) is 5.11 Å². The number of nitrogens with zero attached hydrogens (tertiary/aromatic N) is 1. The Labute approximate surface area is 167 Å². The van der Waals surface area contributed by atoms with Crippen molar-refractivity contribution < 1.29 is 9.52 Å². The summed E-state index contributed by atoms with van der Waals surface area (Å²) in [6.07, 6.45) is 0. The second-order valence-corrected chi connectivity index (χ2v) is 9.42. The minimum absolute atomic E-state index is 0.214. The second kappa shape index (κ2) is 6.69. The summed E-state index contributed by atoms with van der Waals surface area (Å²) in [5.74, 6) is 1.62. The van der Waals surface area contributed by atoms with Crippen molar-refractivity contribution >= 4 is 5.69 Å². The van der Waals surface area contributed by atoms with E-state index in [1.165, 1.54) is 0 Å². The number of aromatic hydroxyl groups is 1. The van der Waals surface area contributed by atoms with Crippen molar-refractivity contribution in [2.45, 2.75) is 59.3 Å². The zero-order chi connectivity index (χ0) is 20.9. The number of rotatable bonds is 2. The summed E-state index contributed by atoms with van der Waals surface area (Å²) in [5, 5.41) is 10.9. The molecule has 4 heteroatoms. The number of hydrogen-bond acceptors (Lipinski definition) is 3. The van der Waals surface area contributed by atoms with Crippen LogP contribution in [0.5, 0.6) is 5.75 Å². The summed E-state index contributed by atoms with van der Waals surface area (Å²) in [7, 11) is 0. The van der Waals surface area contributed by atoms with Crippen LogP contribution in [-0.2, 0) is 10.8 Å². The van der Waals surface area contributed by atoms with E-state index in [0.717, 1.165) is 33.7 Å². The van der Waals surface area contributed by atoms with E-state index in [0.29, 0.717) is 17.3 Å². The highest BCUT2D eigenvalue weighted by Crippen LogP contribution is 2.42. The fourth-order valence-corrected chi connectivity index (χ4v) is 3.32. The number of phenolic OH excluding ortho intramolecular Hbond substituents is 1. The van der Waals surface area contributed by atoms with Gasteiger partial charge in [0.25, 0.3) is 0 Å². The third kappa shape index (κ3) is 3.77. The van der Waals surface area contributed by atoms with Gasteiger partial charge in [-0.2, -0.15) is 0 Å². The summed E-state index contributed by atoms with van der Waals surface area (Å²) in [5.41, 5.74) is 12.0. The van der Waals surface area contributed by atoms with Crippen LogP contribution in [0.4, 0.5) is 5.69 Å². The second-order valence-electron chi connectivity index (χ2n) is 9.42. The number of aryl methyl sites for hydroxylation is 1. The molecule has 4 nitrogen and oxygen atoms in total. The van der Waals surface area contributed by atoms with Crippen LogP contribution >= 0.6 is 0 Å². The molecule has 0 saturated heterocycles. The van der Waals surface area contributed by atoms with E-state index < -0.39 is 0 Å². The van der Waals surface area contributed by atoms with E-state index in [-0.39, 0.29) is 10.8 Å². The zero-order valence-corrected chi connectivity index (χ0v) is 17.8. The Morgan fingerprint density at radius 3 is 1.82 bits per heavy atom. The van der Waals surface area contributed by atoms with Crippen molar-refractivity contribution in [1.29, 1.82) is 0 Å². The Balaban J connectivity index is 2.19. The third-order valence-electron chi connectivity index (χ3n) is 4.93. The number of benzene rings is 2. The lowest BCUT2D eigenvalue weighted by Crippen LogP contribution is -2.17. The molecule has 0 spiro atoms. The van der Waals surface area contributed by atoms with Gasteiger partial charge in [0.05, 0.1) is 5.69 Å². The van der Waals surface area contributed by atoms with Crippen LogP contribution in [0.25, 0.3) is 22.7 Å². The van der Waals surface area contributed by atoms with Crippen molar-refractivity contribution in [2.75, 3.05) is 0 Å². The lowest BCUT2D eigenvalue weighted by molar-refractivity contribution is 0.423. The van der Waals surface area contributed by atoms with E-state index in [4.69, 9.17) is 15.1 Å². The molecule has 0 aliphatic heterocycles. The number of phenols is 1. The number of aromatic nitrogens is 1. The normalized spacial score (nSPS) is 12.4. The van der Waals surface area contributed by atoms with Crippen LogP contribution in [0.3, 0.4) is 0 Å². The van der Waals surface area contributed by atoms with Gasteiger partial charge < -0.3 is 15.3 Å². The van der Waals surface area contributed by atoms with Gasteiger partial charge in [-0.05, 0) is 42.0 Å². The fraction of sp³-hybridized carbons (Fsp3) is 0.375. The summed E-state index contributed by atoms with van der Waals surface area (Å²) in [6.45, 7) is 14.4. The molecule has 0 saturated carbocycles. The summed E-state index contributed by atoms with van der Waals surface area (Å²) in [4.78, 5) is 4.75. The van der Waals surface area contributed by atoms with Crippen LogP contribution in [-0.4, -0.2) is 10.1 Å². The van der Waals surface area contributed by atoms with Gasteiger partial charge >= 0.3 is 0 Å². The lowest BCUT2D eigenvalue weighted by Gasteiger charge is -2.27. The van der Waals surface area contributed by atoms with Crippen molar-refractivity contribution in [2.24, 2.45) is 0 Å². The average molecular weight is 378 g/mol. The molecular weight excluding hydrogens is 348 g/mol. The predicted molar refractivity (Wildman–Crippen MR) is 114 cm³/mol. The van der Waals surface area contributed by atoms with Crippen molar-refractivity contribution in [3.8, 4) is 28.5 Å². The molecule has 0 unspecified atom stereocenters. The molecule has 2 N–H and O–H groups in total. The quantitative estimate of drug-likeness (QED) is 0.552. The van der Waals surface area contributed by atoms with E-state index >= 15 is 0 Å². The summed E-state index contributed by atoms with van der Waals surface area (Å²) in [6, 6.07) is 11.2. The molecule has 0 aliphatic carbocycles. The van der Waals surface area contributed by atoms with Gasteiger partial charge in [0.2, 0.25) is 5.89 Å². The molecule has 1 radical (unpaired) electrons. The minimum atomic E-state index is -0.214. The molecule has 0 atom stereocenters. The number of nitrogens with one attached hydrogen (secondary N) is 1. The Bertz CT molecular complexity index is 966. The van der Waals surface area contributed by atoms with Gasteiger partial charge in [-0.3, -0.25) is 0 Å². The first kappa shape index (κ1) is 20.0. The SMILES string of the molecule is Cc1oc(-c2cc(C(C)(C)C)c(O)c(C(C)(C)C)c2)nc1-c1ccc([NH])cc1. The first-order chi connectivity index (χ1) is 12.9. The Hall–Kier alpha value is -2.75. The fourth-order valence-electron chi connectivity index (χ4n) is 3.32. The monoisotopic (exact) mass is 377 g/mol. The Morgan fingerprint density at radius 2 is 1.36 bits per heavy atom. The molecule has 0 bridgehead atoms. The van der Waals surface area contributed by atoms with Crippen LogP contribution in [0.2, 0.25) is 0 Å². The standard InChI is InChI=1S/C24H29N2O2/c1-14-20(15-8-10-17(25)11-9-15)26-22(28-14)16-12-18(23(2,3)4)21(27)19(13-16)24(5,6)7/h8-13,25,27H,1-7H3. The third-order valence-corrected chi connectivity index (χ3v) is 4.93. The Morgan fingerprint density at radius 1 is 0.857 bits per heavy atom. The summed E-state index contributed by atoms with van der Waals surface area (Å²) >= 11 is 0. The summed E-state index contributed by atoms with van der Waals surface area (Å²) < 4.78 is 6.02. The molecule has 3 aromatic rings. The van der Waals surface area contributed by atoms with Gasteiger partial charge in [-0.25, -0.2) is 4.98 Å². The van der Waals surface area contributed by atoms with E-state index in [1.54, 1.807) is 12.1 Å². The van der Waals surface area contributed by atoms with Gasteiger partial charge in [-0.15, -0.1) is 0 Å². The van der Waals surface area contributed by atoms with Gasteiger partial charge in [0.15, 0.2) is 0 Å². The average Bonchev–Trinajstić information content (AvgIpc) is 2.95. The number of hydrogen-bond donors (Lipinski definition) is 1. The highest BCUT2D eigenvalue weighted by atomic mass is 16.4. The largest absolute Gasteiger partial charge is 0.507 e. The van der Waals surface area contributed by atoms with Crippen LogP contribution in [0, 0.1) is 6.92 Å². The molecule has 0 amide bonds. The maximum atomic E-state index is 10.9. The van der Waals surface area contributed by atoms with Crippen molar-refractivity contribution in [1.82, 2.24) is 10.7 Å². The van der Waals surface area contributed by atoms with Crippen molar-refractivity contribution in [3.63, 3.8) is 0 Å². The highest BCUT2D eigenvalue weighted by molar-refractivity contribution is 5.69. The smallest absolute Gasteiger partial charge is 0.226 e. The first-order valence-corrected chi connectivity index (χ1v) is 9.56. The lowest BCUT2D eigenvalue weighted by atomic mass is 9.78. The molecule has 0 fully saturated rings. The van der Waals surface area contributed by atoms with E-state index in [1.807, 2.05) is 31.2 Å². The molecule has 1 aromatic heterocycles. The first-order valence-electron chi connectivity index (χ1n) is 9.56. The van der Waals surface area contributed by atoms with E-state index in [2.05, 4.69) is 41.5 Å². The Kier molecular flexibility index (Phi) is 4.78. The topological polar surface area (TPSA) is 70.1 Å². The highest BCUT2D eigenvalue weighted by Gasteiger charge is 2.28. The van der Waals surface area contributed by atoms with Crippen LogP contribution in [0.15, 0.2) is 40.8 Å². The maximum absolute atomic E-state index is 10.9. The van der Waals surface area contributed by atoms with Crippen LogP contribution in [0.1, 0.15) is 58.4 Å². The molecule has 1 heterocycles. The molecule has 2 aromatic carbocycles. The van der Waals surface area contributed by atoms with Gasteiger partial charge in [0.1, 0.15) is 17.2 Å². The van der Waals surface area contributed by atoms with Crippen molar-refractivity contribution in [3.05, 3.63) is 53.3 Å². The molecule has 147 valence electrons.